The Bertz CT molecular complexity index is 2150. The number of para-hydroxylation sites is 1. The van der Waals surface area contributed by atoms with Crippen LogP contribution in [0.15, 0.2) is 24.3 Å². The maximum atomic E-state index is 15.4. The molecule has 4 aromatic carbocycles. The lowest BCUT2D eigenvalue weighted by atomic mass is 9.12. The minimum absolute atomic E-state index is 0.184. The summed E-state index contributed by atoms with van der Waals surface area (Å²) < 4.78 is 221. The molecule has 0 aliphatic heterocycles. The molecule has 0 bridgehead atoms. The van der Waals surface area contributed by atoms with Crippen LogP contribution < -0.4 is 26.8 Å². The lowest BCUT2D eigenvalue weighted by Gasteiger charge is -2.44. The predicted octanol–water partition coefficient (Wildman–Crippen LogP) is 16.9. The van der Waals surface area contributed by atoms with E-state index in [1.807, 2.05) is 0 Å². The smallest absolute Gasteiger partial charge is 0.200 e. The van der Waals surface area contributed by atoms with Gasteiger partial charge in [0.25, 0.3) is 0 Å². The monoisotopic (exact) mass is 1140 g/mol. The van der Waals surface area contributed by atoms with Crippen molar-refractivity contribution in [1.29, 1.82) is 0 Å². The highest BCUT2D eigenvalue weighted by molar-refractivity contribution is 7.20. The summed E-state index contributed by atoms with van der Waals surface area (Å²) in [6.45, 7) is 7.42. The lowest BCUT2D eigenvalue weighted by molar-refractivity contribution is -0.880. The number of hydrogen-bond acceptors (Lipinski definition) is 1. The van der Waals surface area contributed by atoms with E-state index in [0.717, 1.165) is 6.07 Å². The largest absolute Gasteiger partial charge is 0.511 e. The number of rotatable bonds is 38. The summed E-state index contributed by atoms with van der Waals surface area (Å²) in [7, 11) is 2.43. The van der Waals surface area contributed by atoms with E-state index in [1.165, 1.54) is 219 Å². The Labute approximate surface area is 459 Å². The minimum atomic E-state index is -5.99. The van der Waals surface area contributed by atoms with Gasteiger partial charge in [-0.15, -0.1) is 16.4 Å². The highest BCUT2D eigenvalue weighted by Crippen LogP contribution is 2.30. The molecule has 0 saturated carbocycles. The molecule has 0 aromatic heterocycles. The third-order valence-corrected chi connectivity index (χ3v) is 15.3. The van der Waals surface area contributed by atoms with Gasteiger partial charge in [-0.25, -0.2) is 65.9 Å². The molecule has 2 N–H and O–H groups in total. The van der Waals surface area contributed by atoms with Crippen LogP contribution in [0.1, 0.15) is 219 Å². The number of quaternary nitrogens is 1. The van der Waals surface area contributed by atoms with E-state index in [1.54, 1.807) is 4.90 Å². The molecule has 18 heteroatoms. The average molecular weight is 1140 g/mol. The highest BCUT2D eigenvalue weighted by Gasteiger charge is 2.50. The van der Waals surface area contributed by atoms with Gasteiger partial charge in [0.1, 0.15) is 41.0 Å². The number of benzene rings is 4. The molecular weight excluding hydrogens is 1060 g/mol. The van der Waals surface area contributed by atoms with Crippen LogP contribution in [0.2, 0.25) is 0 Å². The Hall–Kier alpha value is -4.35. The topological polar surface area (TPSA) is 24.7 Å². The summed E-state index contributed by atoms with van der Waals surface area (Å²) in [6.07, 6.45) is 41.1. The first-order chi connectivity index (χ1) is 37.9. The molecule has 0 aliphatic carbocycles. The Morgan fingerprint density at radius 2 is 0.481 bits per heavy atom. The van der Waals surface area contributed by atoms with Gasteiger partial charge in [0.15, 0.2) is 52.4 Å². The molecule has 0 atom stereocenters. The molecule has 0 amide bonds. The van der Waals surface area contributed by atoms with E-state index in [0.29, 0.717) is 12.1 Å². The van der Waals surface area contributed by atoms with Crippen molar-refractivity contribution in [2.24, 2.45) is 0 Å². The van der Waals surface area contributed by atoms with E-state index < -0.39 is 121 Å². The molecule has 0 fully saturated rings. The van der Waals surface area contributed by atoms with Gasteiger partial charge in [-0.3, -0.25) is 0 Å². The fourth-order valence-corrected chi connectivity index (χ4v) is 10.8. The molecule has 0 heterocycles. The number of halogens is 15. The quantitative estimate of drug-likeness (QED) is 0.0151. The lowest BCUT2D eigenvalue weighted by Crippen LogP contribution is -3.09. The molecule has 4 rings (SSSR count). The van der Waals surface area contributed by atoms with Crippen molar-refractivity contribution in [2.75, 3.05) is 20.1 Å². The van der Waals surface area contributed by atoms with Crippen LogP contribution in [0.25, 0.3) is 0 Å². The SMILES string of the molecule is CCCCCCCCCCCCCCCCCC[NH+](C)CCCCCCCCCCCCCCCCCC.Oc1ccccc1[B-](c1c(F)c(F)c(F)c(F)c1F)(c1c(F)c(F)c(F)c(F)c1F)c1c(F)c(F)c(F)c(F)c1F. The molecule has 0 radical (unpaired) electrons. The summed E-state index contributed by atoms with van der Waals surface area (Å²) in [4.78, 5) is 1.78. The molecule has 0 unspecified atom stereocenters. The van der Waals surface area contributed by atoms with Crippen molar-refractivity contribution in [3.63, 3.8) is 0 Å². The van der Waals surface area contributed by atoms with Crippen LogP contribution in [0.4, 0.5) is 65.9 Å². The molecule has 0 aliphatic rings. The summed E-state index contributed by atoms with van der Waals surface area (Å²) in [5.41, 5.74) is -10.3. The second-order valence-electron chi connectivity index (χ2n) is 21.4. The number of nitrogens with one attached hydrogen (secondary N) is 1. The van der Waals surface area contributed by atoms with Gasteiger partial charge in [0, 0.05) is 0 Å². The Morgan fingerprint density at radius 1 is 0.291 bits per heavy atom. The van der Waals surface area contributed by atoms with Crippen molar-refractivity contribution in [3.05, 3.63) is 112 Å². The number of unbranched alkanes of at least 4 members (excludes halogenated alkanes) is 30. The number of phenols is 1. The van der Waals surface area contributed by atoms with Crippen molar-refractivity contribution < 1.29 is 75.9 Å². The summed E-state index contributed by atoms with van der Waals surface area (Å²) in [5, 5.41) is 10.5. The second-order valence-corrected chi connectivity index (χ2v) is 21.4. The van der Waals surface area contributed by atoms with Crippen molar-refractivity contribution >= 4 is 28.0 Å². The molecule has 0 spiro atoms. The van der Waals surface area contributed by atoms with E-state index >= 15 is 26.3 Å². The van der Waals surface area contributed by atoms with Crippen LogP contribution >= 0.6 is 0 Å². The van der Waals surface area contributed by atoms with E-state index in [2.05, 4.69) is 20.9 Å². The maximum absolute atomic E-state index is 15.4. The van der Waals surface area contributed by atoms with Crippen molar-refractivity contribution in [2.45, 2.75) is 219 Å². The summed E-state index contributed by atoms with van der Waals surface area (Å²) in [6, 6.07) is 1.92. The molecule has 446 valence electrons. The molecule has 79 heavy (non-hydrogen) atoms. The van der Waals surface area contributed by atoms with Crippen LogP contribution in [0.5, 0.6) is 5.75 Å². The molecule has 2 nitrogen and oxygen atoms in total. The van der Waals surface area contributed by atoms with Gasteiger partial charge >= 0.3 is 0 Å². The Kier molecular flexibility index (Phi) is 32.2. The average Bonchev–Trinajstić information content (AvgIpc) is 3.62. The van der Waals surface area contributed by atoms with Crippen LogP contribution in [0.3, 0.4) is 0 Å². The van der Waals surface area contributed by atoms with Crippen LogP contribution in [0, 0.1) is 87.3 Å². The van der Waals surface area contributed by atoms with Gasteiger partial charge in [0.05, 0.1) is 25.9 Å². The predicted molar refractivity (Wildman–Crippen MR) is 287 cm³/mol. The first-order valence-corrected chi connectivity index (χ1v) is 29.2. The normalized spacial score (nSPS) is 11.8. The van der Waals surface area contributed by atoms with Gasteiger partial charge in [-0.1, -0.05) is 212 Å². The minimum Gasteiger partial charge on any atom is -0.511 e. The third kappa shape index (κ3) is 19.7. The highest BCUT2D eigenvalue weighted by atomic mass is 19.2. The summed E-state index contributed by atoms with van der Waals surface area (Å²) in [5.74, 6) is -48.4. The van der Waals surface area contributed by atoms with Gasteiger partial charge in [0.2, 0.25) is 0 Å². The number of phenolic OH excluding ortho intramolecular Hbond substituents is 1. The molecule has 0 saturated heterocycles. The van der Waals surface area contributed by atoms with Crippen LogP contribution in [-0.4, -0.2) is 31.4 Å². The number of hydrogen-bond donors (Lipinski definition) is 2. The number of aromatic hydroxyl groups is 1. The van der Waals surface area contributed by atoms with E-state index in [4.69, 9.17) is 0 Å². The third-order valence-electron chi connectivity index (χ3n) is 15.3. The maximum Gasteiger partial charge on any atom is 0.200 e. The first kappa shape index (κ1) is 68.9. The Balaban J connectivity index is 0.000000417. The molecule has 4 aromatic rings. The van der Waals surface area contributed by atoms with Gasteiger partial charge in [-0.05, 0) is 31.7 Å². The van der Waals surface area contributed by atoms with Crippen LogP contribution in [-0.2, 0) is 0 Å². The molecular formula is C61H83BF15NO. The van der Waals surface area contributed by atoms with Gasteiger partial charge < -0.3 is 10.0 Å². The fourth-order valence-electron chi connectivity index (χ4n) is 10.8. The van der Waals surface area contributed by atoms with E-state index in [-0.39, 0.29) is 6.07 Å². The first-order valence-electron chi connectivity index (χ1n) is 29.2. The zero-order valence-corrected chi connectivity index (χ0v) is 46.5. The zero-order valence-electron chi connectivity index (χ0n) is 46.5. The van der Waals surface area contributed by atoms with Crippen molar-refractivity contribution in [1.82, 2.24) is 0 Å². The second kappa shape index (κ2) is 36.9. The standard InChI is InChI=1S/C37H77N.C24H5BF15O/c1-4-6-8-10-12-14-16-18-20-22-24-26-28-30-32-34-36-38(3)37-35-33-31-29-27-25-23-21-19-17-15-13-11-9-7-5-2;26-10-7(11(27)17(33)22(38)16(10)32)25(5-3-1-2-4-6(5)41,8-12(28)18(34)23(39)19(35)13(8)29)9-14(30)20(36)24(40)21(37)15(9)31/h4-37H2,1-3H3;1-4,41H/q;-1/p+1. The van der Waals surface area contributed by atoms with E-state index in [9.17, 15) is 44.6 Å². The zero-order chi connectivity index (χ0) is 58.5. The summed E-state index contributed by atoms with van der Waals surface area (Å²) >= 11 is 0. The Morgan fingerprint density at radius 3 is 0.696 bits per heavy atom. The van der Waals surface area contributed by atoms with Gasteiger partial charge in [-0.2, -0.15) is 5.46 Å². The fraction of sp³-hybridized carbons (Fsp3) is 0.607. The van der Waals surface area contributed by atoms with Crippen molar-refractivity contribution in [3.8, 4) is 5.75 Å².